The van der Waals surface area contributed by atoms with Gasteiger partial charge in [0, 0.05) is 12.1 Å². The number of furan rings is 1. The zero-order chi connectivity index (χ0) is 14.7. The quantitative estimate of drug-likeness (QED) is 0.667. The van der Waals surface area contributed by atoms with Gasteiger partial charge >= 0.3 is 11.7 Å². The summed E-state index contributed by atoms with van der Waals surface area (Å²) < 4.78 is 23.4. The lowest BCUT2D eigenvalue weighted by atomic mass is 10.3. The maximum absolute atomic E-state index is 13.3. The topological polar surface area (TPSA) is 103 Å². The second kappa shape index (κ2) is 5.39. The van der Waals surface area contributed by atoms with Gasteiger partial charge in [-0.25, -0.2) is 4.79 Å². The van der Waals surface area contributed by atoms with Crippen LogP contribution in [0.5, 0.6) is 5.75 Å². The van der Waals surface area contributed by atoms with Crippen LogP contribution in [0.25, 0.3) is 0 Å². The summed E-state index contributed by atoms with van der Waals surface area (Å²) in [5.74, 6) is -2.16. The fraction of sp³-hybridized carbons (Fsp3) is 0.0833. The number of benzene rings is 1. The number of nitrogens with zero attached hydrogens (tertiary/aromatic N) is 1. The molecule has 1 N–H and O–H groups in total. The van der Waals surface area contributed by atoms with E-state index in [9.17, 15) is 19.3 Å². The van der Waals surface area contributed by atoms with Crippen molar-refractivity contribution < 1.29 is 28.4 Å². The fourth-order valence-corrected chi connectivity index (χ4v) is 1.45. The smallest absolute Gasteiger partial charge is 0.371 e. The van der Waals surface area contributed by atoms with E-state index in [2.05, 4.69) is 0 Å². The van der Waals surface area contributed by atoms with Crippen LogP contribution < -0.4 is 4.74 Å². The van der Waals surface area contributed by atoms with Crippen LogP contribution in [-0.2, 0) is 6.61 Å². The van der Waals surface area contributed by atoms with E-state index in [1.165, 1.54) is 18.2 Å². The molecule has 0 radical (unpaired) electrons. The highest BCUT2D eigenvalue weighted by Gasteiger charge is 2.15. The van der Waals surface area contributed by atoms with Gasteiger partial charge in [-0.05, 0) is 18.2 Å². The third-order valence-electron chi connectivity index (χ3n) is 2.37. The van der Waals surface area contributed by atoms with Crippen molar-refractivity contribution in [3.63, 3.8) is 0 Å². The highest BCUT2D eigenvalue weighted by atomic mass is 19.1. The number of carboxylic acids is 1. The average Bonchev–Trinajstić information content (AvgIpc) is 2.85. The minimum Gasteiger partial charge on any atom is -0.486 e. The van der Waals surface area contributed by atoms with Crippen molar-refractivity contribution in [3.8, 4) is 5.75 Å². The molecule has 0 bridgehead atoms. The molecule has 1 aromatic carbocycles. The first kappa shape index (κ1) is 13.5. The lowest BCUT2D eigenvalue weighted by Gasteiger charge is -2.04. The van der Waals surface area contributed by atoms with E-state index in [1.807, 2.05) is 0 Å². The number of rotatable bonds is 5. The van der Waals surface area contributed by atoms with E-state index < -0.39 is 22.4 Å². The normalized spacial score (nSPS) is 10.2. The minimum atomic E-state index is -1.21. The van der Waals surface area contributed by atoms with E-state index in [4.69, 9.17) is 14.3 Å². The predicted molar refractivity (Wildman–Crippen MR) is 63.1 cm³/mol. The summed E-state index contributed by atoms with van der Waals surface area (Å²) in [4.78, 5) is 20.2. The second-order valence-electron chi connectivity index (χ2n) is 3.73. The molecule has 1 aromatic heterocycles. The number of aromatic carboxylic acids is 1. The van der Waals surface area contributed by atoms with Gasteiger partial charge in [-0.2, -0.15) is 4.39 Å². The first-order valence-corrected chi connectivity index (χ1v) is 5.36. The first-order valence-electron chi connectivity index (χ1n) is 5.36. The molecule has 2 aromatic rings. The van der Waals surface area contributed by atoms with Crippen molar-refractivity contribution in [3.05, 3.63) is 57.8 Å². The third kappa shape index (κ3) is 2.91. The Morgan fingerprint density at radius 1 is 1.40 bits per heavy atom. The molecule has 7 nitrogen and oxygen atoms in total. The van der Waals surface area contributed by atoms with Gasteiger partial charge in [0.15, 0.2) is 0 Å². The number of nitro benzene ring substituents is 1. The van der Waals surface area contributed by atoms with E-state index in [0.29, 0.717) is 0 Å². The molecule has 0 spiro atoms. The highest BCUT2D eigenvalue weighted by Crippen LogP contribution is 2.23. The van der Waals surface area contributed by atoms with E-state index in [1.54, 1.807) is 0 Å². The number of nitro groups is 1. The summed E-state index contributed by atoms with van der Waals surface area (Å²) in [6.07, 6.45) is 0. The molecule has 0 unspecified atom stereocenters. The molecule has 0 saturated heterocycles. The SMILES string of the molecule is O=C(O)c1ccc(COc2ccc([N+](=O)[O-])c(F)c2)o1. The van der Waals surface area contributed by atoms with Crippen molar-refractivity contribution in [2.75, 3.05) is 0 Å². The van der Waals surface area contributed by atoms with Crippen molar-refractivity contribution in [2.24, 2.45) is 0 Å². The van der Waals surface area contributed by atoms with Crippen LogP contribution >= 0.6 is 0 Å². The molecular weight excluding hydrogens is 273 g/mol. The Morgan fingerprint density at radius 3 is 2.70 bits per heavy atom. The Kier molecular flexibility index (Phi) is 3.65. The van der Waals surface area contributed by atoms with Crippen LogP contribution in [0.3, 0.4) is 0 Å². The number of halogens is 1. The van der Waals surface area contributed by atoms with Gasteiger partial charge in [-0.15, -0.1) is 0 Å². The maximum atomic E-state index is 13.3. The van der Waals surface area contributed by atoms with Crippen LogP contribution in [0.15, 0.2) is 34.7 Å². The molecule has 0 aliphatic rings. The number of ether oxygens (including phenoxy) is 1. The summed E-state index contributed by atoms with van der Waals surface area (Å²) in [7, 11) is 0. The Hall–Kier alpha value is -2.90. The Balaban J connectivity index is 2.05. The van der Waals surface area contributed by atoms with Crippen LogP contribution in [0.4, 0.5) is 10.1 Å². The molecule has 0 saturated carbocycles. The van der Waals surface area contributed by atoms with Gasteiger partial charge in [-0.1, -0.05) is 0 Å². The number of hydrogen-bond donors (Lipinski definition) is 1. The molecule has 104 valence electrons. The predicted octanol–water partition coefficient (Wildman–Crippen LogP) is 2.60. The zero-order valence-corrected chi connectivity index (χ0v) is 9.91. The van der Waals surface area contributed by atoms with E-state index in [-0.39, 0.29) is 23.9 Å². The average molecular weight is 281 g/mol. The largest absolute Gasteiger partial charge is 0.486 e. The zero-order valence-electron chi connectivity index (χ0n) is 9.91. The van der Waals surface area contributed by atoms with E-state index >= 15 is 0 Å². The van der Waals surface area contributed by atoms with Crippen molar-refractivity contribution in [1.82, 2.24) is 0 Å². The van der Waals surface area contributed by atoms with Gasteiger partial charge in [0.05, 0.1) is 4.92 Å². The molecule has 0 amide bonds. The van der Waals surface area contributed by atoms with E-state index in [0.717, 1.165) is 12.1 Å². The molecule has 0 atom stereocenters. The van der Waals surface area contributed by atoms with Gasteiger partial charge in [-0.3, -0.25) is 10.1 Å². The summed E-state index contributed by atoms with van der Waals surface area (Å²) in [6.45, 7) is -0.121. The third-order valence-corrected chi connectivity index (χ3v) is 2.37. The molecule has 8 heteroatoms. The van der Waals surface area contributed by atoms with Gasteiger partial charge in [0.2, 0.25) is 11.6 Å². The molecule has 2 rings (SSSR count). The summed E-state index contributed by atoms with van der Waals surface area (Å²) in [5.41, 5.74) is -0.650. The summed E-state index contributed by atoms with van der Waals surface area (Å²) in [5, 5.41) is 19.1. The van der Waals surface area contributed by atoms with Crippen molar-refractivity contribution in [1.29, 1.82) is 0 Å². The first-order chi connectivity index (χ1) is 9.47. The minimum absolute atomic E-state index is 0.0707. The van der Waals surface area contributed by atoms with Crippen LogP contribution in [-0.4, -0.2) is 16.0 Å². The maximum Gasteiger partial charge on any atom is 0.371 e. The van der Waals surface area contributed by atoms with Gasteiger partial charge < -0.3 is 14.3 Å². The van der Waals surface area contributed by atoms with Gasteiger partial charge in [0.25, 0.3) is 0 Å². The number of carbonyl (C=O) groups is 1. The molecule has 1 heterocycles. The monoisotopic (exact) mass is 281 g/mol. The molecule has 0 fully saturated rings. The van der Waals surface area contributed by atoms with Crippen LogP contribution in [0.1, 0.15) is 16.3 Å². The Morgan fingerprint density at radius 2 is 2.15 bits per heavy atom. The second-order valence-corrected chi connectivity index (χ2v) is 3.73. The summed E-state index contributed by atoms with van der Waals surface area (Å²) in [6, 6.07) is 5.76. The molecular formula is C12H8FNO6. The molecule has 20 heavy (non-hydrogen) atoms. The van der Waals surface area contributed by atoms with Crippen LogP contribution in [0, 0.1) is 15.9 Å². The Labute approximate surface area is 111 Å². The number of carboxylic acid groups (broad SMARTS) is 1. The molecule has 0 aliphatic heterocycles. The highest BCUT2D eigenvalue weighted by molar-refractivity contribution is 5.84. The van der Waals surface area contributed by atoms with Crippen molar-refractivity contribution in [2.45, 2.75) is 6.61 Å². The van der Waals surface area contributed by atoms with Crippen LogP contribution in [0.2, 0.25) is 0 Å². The lowest BCUT2D eigenvalue weighted by molar-refractivity contribution is -0.387. The summed E-state index contributed by atoms with van der Waals surface area (Å²) >= 11 is 0. The molecule has 0 aliphatic carbocycles. The lowest BCUT2D eigenvalue weighted by Crippen LogP contribution is -1.97. The number of hydrogen-bond acceptors (Lipinski definition) is 5. The van der Waals surface area contributed by atoms with Gasteiger partial charge in [0.1, 0.15) is 18.1 Å². The fourth-order valence-electron chi connectivity index (χ4n) is 1.45. The Bertz CT molecular complexity index is 666. The van der Waals surface area contributed by atoms with Crippen molar-refractivity contribution >= 4 is 11.7 Å². The standard InChI is InChI=1S/C12H8FNO6/c13-9-5-7(1-3-10(9)14(17)18)19-6-8-2-4-11(20-8)12(15)16/h1-5H,6H2,(H,15,16).